The molecule has 0 radical (unpaired) electrons. The van der Waals surface area contributed by atoms with E-state index in [0.29, 0.717) is 22.9 Å². The van der Waals surface area contributed by atoms with Crippen molar-refractivity contribution in [3.63, 3.8) is 0 Å². The van der Waals surface area contributed by atoms with Crippen LogP contribution in [0.15, 0.2) is 60.3 Å². The number of para-hydroxylation sites is 1. The minimum absolute atomic E-state index is 0.0729. The fourth-order valence-electron chi connectivity index (χ4n) is 4.25. The van der Waals surface area contributed by atoms with E-state index in [1.807, 2.05) is 56.3 Å². The molecule has 1 saturated heterocycles. The van der Waals surface area contributed by atoms with Gasteiger partial charge in [0.15, 0.2) is 0 Å². The minimum atomic E-state index is -0.267. The molecule has 2 aromatic rings. The average Bonchev–Trinajstić information content (AvgIpc) is 2.99. The summed E-state index contributed by atoms with van der Waals surface area (Å²) in [6.07, 6.45) is 2.24. The Labute approximate surface area is 177 Å². The van der Waals surface area contributed by atoms with Gasteiger partial charge in [-0.05, 0) is 62.4 Å². The lowest BCUT2D eigenvalue weighted by atomic mass is 9.97. The van der Waals surface area contributed by atoms with Gasteiger partial charge in [0.05, 0.1) is 17.4 Å². The maximum absolute atomic E-state index is 13.5. The van der Waals surface area contributed by atoms with Crippen molar-refractivity contribution in [2.45, 2.75) is 39.7 Å². The molecule has 0 aromatic heterocycles. The molecule has 1 unspecified atom stereocenters. The molecule has 1 fully saturated rings. The van der Waals surface area contributed by atoms with Crippen molar-refractivity contribution in [1.82, 2.24) is 4.90 Å². The van der Waals surface area contributed by atoms with E-state index >= 15 is 0 Å². The third-order valence-corrected chi connectivity index (χ3v) is 5.56. The quantitative estimate of drug-likeness (QED) is 0.689. The number of hydrogen-bond acceptors (Lipinski definition) is 4. The van der Waals surface area contributed by atoms with Gasteiger partial charge < -0.3 is 9.64 Å². The zero-order chi connectivity index (χ0) is 21.3. The Kier molecular flexibility index (Phi) is 5.62. The monoisotopic (exact) mass is 404 g/mol. The number of rotatable bonds is 5. The lowest BCUT2D eigenvalue weighted by Crippen LogP contribution is -2.39. The molecule has 0 N–H and O–H groups in total. The number of benzene rings is 2. The molecule has 5 nitrogen and oxygen atoms in total. The van der Waals surface area contributed by atoms with Crippen molar-refractivity contribution in [2.24, 2.45) is 5.92 Å². The van der Waals surface area contributed by atoms with Gasteiger partial charge in [-0.2, -0.15) is 0 Å². The lowest BCUT2D eigenvalue weighted by molar-refractivity contribution is -0.120. The first kappa shape index (κ1) is 20.2. The molecule has 2 amide bonds. The Balaban J connectivity index is 1.77. The maximum atomic E-state index is 13.5. The van der Waals surface area contributed by atoms with Crippen LogP contribution in [0.4, 0.5) is 5.69 Å². The van der Waals surface area contributed by atoms with Crippen LogP contribution >= 0.6 is 0 Å². The normalized spacial score (nSPS) is 19.8. The number of nitrogens with zero attached hydrogens (tertiary/aromatic N) is 2. The smallest absolute Gasteiger partial charge is 0.282 e. The summed E-state index contributed by atoms with van der Waals surface area (Å²) >= 11 is 0. The van der Waals surface area contributed by atoms with Crippen LogP contribution in [0.2, 0.25) is 0 Å². The van der Waals surface area contributed by atoms with Gasteiger partial charge in [-0.1, -0.05) is 37.3 Å². The highest BCUT2D eigenvalue weighted by atomic mass is 16.5. The summed E-state index contributed by atoms with van der Waals surface area (Å²) < 4.78 is 5.74. The first-order valence-corrected chi connectivity index (χ1v) is 10.7. The van der Waals surface area contributed by atoms with Crippen LogP contribution in [0.25, 0.3) is 5.57 Å². The van der Waals surface area contributed by atoms with Crippen LogP contribution in [-0.2, 0) is 9.59 Å². The lowest BCUT2D eigenvalue weighted by Gasteiger charge is -2.33. The first-order chi connectivity index (χ1) is 14.5. The van der Waals surface area contributed by atoms with Gasteiger partial charge in [0.1, 0.15) is 11.4 Å². The Bertz CT molecular complexity index is 964. The van der Waals surface area contributed by atoms with Gasteiger partial charge in [0.25, 0.3) is 11.8 Å². The number of carbonyl (C=O) groups is 2. The second kappa shape index (κ2) is 8.34. The molecule has 4 rings (SSSR count). The molecule has 2 aliphatic heterocycles. The largest absolute Gasteiger partial charge is 0.491 e. The molecule has 0 aliphatic carbocycles. The van der Waals surface area contributed by atoms with Gasteiger partial charge in [-0.3, -0.25) is 9.59 Å². The molecule has 0 saturated carbocycles. The zero-order valence-corrected chi connectivity index (χ0v) is 17.8. The van der Waals surface area contributed by atoms with Crippen LogP contribution in [0.3, 0.4) is 0 Å². The zero-order valence-electron chi connectivity index (χ0n) is 17.8. The SMILES string of the molecule is CC1CCCN(C2=C(c3ccc(OC(C)C)cc3)C(=O)N(c3ccccc3)C2=O)C1. The number of likely N-dealkylation sites (tertiary alicyclic amines) is 1. The topological polar surface area (TPSA) is 49.9 Å². The number of piperidine rings is 1. The van der Waals surface area contributed by atoms with E-state index in [1.54, 1.807) is 12.1 Å². The van der Waals surface area contributed by atoms with E-state index < -0.39 is 0 Å². The van der Waals surface area contributed by atoms with E-state index in [1.165, 1.54) is 4.90 Å². The Morgan fingerprint density at radius 3 is 2.30 bits per heavy atom. The average molecular weight is 405 g/mol. The van der Waals surface area contributed by atoms with Crippen LogP contribution < -0.4 is 9.64 Å². The predicted molar refractivity (Wildman–Crippen MR) is 118 cm³/mol. The molecule has 156 valence electrons. The summed E-state index contributed by atoms with van der Waals surface area (Å²) in [4.78, 5) is 30.4. The summed E-state index contributed by atoms with van der Waals surface area (Å²) in [5.74, 6) is 0.733. The molecule has 1 atom stereocenters. The van der Waals surface area contributed by atoms with E-state index in [2.05, 4.69) is 11.8 Å². The molecule has 2 aliphatic rings. The van der Waals surface area contributed by atoms with Crippen LogP contribution in [0.5, 0.6) is 5.75 Å². The molecule has 0 bridgehead atoms. The highest BCUT2D eigenvalue weighted by molar-refractivity contribution is 6.45. The summed E-state index contributed by atoms with van der Waals surface area (Å²) in [7, 11) is 0. The van der Waals surface area contributed by atoms with Crippen molar-refractivity contribution >= 4 is 23.1 Å². The first-order valence-electron chi connectivity index (χ1n) is 10.7. The van der Waals surface area contributed by atoms with E-state index in [9.17, 15) is 9.59 Å². The fourth-order valence-corrected chi connectivity index (χ4v) is 4.25. The summed E-state index contributed by atoms with van der Waals surface area (Å²) in [6, 6.07) is 16.6. The third-order valence-electron chi connectivity index (χ3n) is 5.56. The molecule has 5 heteroatoms. The molecule has 2 heterocycles. The maximum Gasteiger partial charge on any atom is 0.282 e. The fraction of sp³-hybridized carbons (Fsp3) is 0.360. The summed E-state index contributed by atoms with van der Waals surface area (Å²) in [5, 5.41) is 0. The molecule has 0 spiro atoms. The van der Waals surface area contributed by atoms with Crippen molar-refractivity contribution in [2.75, 3.05) is 18.0 Å². The number of anilines is 1. The Morgan fingerprint density at radius 1 is 0.967 bits per heavy atom. The second-order valence-corrected chi connectivity index (χ2v) is 8.39. The predicted octanol–water partition coefficient (Wildman–Crippen LogP) is 4.49. The van der Waals surface area contributed by atoms with E-state index in [4.69, 9.17) is 4.74 Å². The standard InChI is InChI=1S/C25H28N2O3/c1-17(2)30-21-13-11-19(12-14-21)22-23(26-15-7-8-18(3)16-26)25(29)27(24(22)28)20-9-5-4-6-10-20/h4-6,9-14,17-18H,7-8,15-16H2,1-3H3. The van der Waals surface area contributed by atoms with Gasteiger partial charge in [-0.25, -0.2) is 4.90 Å². The number of amides is 2. The number of imide groups is 1. The highest BCUT2D eigenvalue weighted by Crippen LogP contribution is 2.36. The van der Waals surface area contributed by atoms with Gasteiger partial charge in [0.2, 0.25) is 0 Å². The highest BCUT2D eigenvalue weighted by Gasteiger charge is 2.43. The van der Waals surface area contributed by atoms with Crippen molar-refractivity contribution < 1.29 is 14.3 Å². The molecule has 30 heavy (non-hydrogen) atoms. The number of carbonyl (C=O) groups excluding carboxylic acids is 2. The van der Waals surface area contributed by atoms with Gasteiger partial charge >= 0.3 is 0 Å². The third kappa shape index (κ3) is 3.84. The van der Waals surface area contributed by atoms with Crippen LogP contribution in [-0.4, -0.2) is 35.9 Å². The van der Waals surface area contributed by atoms with Crippen molar-refractivity contribution in [1.29, 1.82) is 0 Å². The molecule has 2 aromatic carbocycles. The Hall–Kier alpha value is -3.08. The summed E-state index contributed by atoms with van der Waals surface area (Å²) in [5.41, 5.74) is 2.35. The van der Waals surface area contributed by atoms with Gasteiger partial charge in [-0.15, -0.1) is 0 Å². The number of ether oxygens (including phenoxy) is 1. The number of hydrogen-bond donors (Lipinski definition) is 0. The van der Waals surface area contributed by atoms with Crippen LogP contribution in [0.1, 0.15) is 39.2 Å². The molecular weight excluding hydrogens is 376 g/mol. The molecular formula is C25H28N2O3. The van der Waals surface area contributed by atoms with Gasteiger partial charge in [0, 0.05) is 13.1 Å². The van der Waals surface area contributed by atoms with E-state index in [-0.39, 0.29) is 17.9 Å². The second-order valence-electron chi connectivity index (χ2n) is 8.39. The van der Waals surface area contributed by atoms with Crippen molar-refractivity contribution in [3.05, 3.63) is 65.9 Å². The van der Waals surface area contributed by atoms with Crippen molar-refractivity contribution in [3.8, 4) is 5.75 Å². The summed E-state index contributed by atoms with van der Waals surface area (Å²) in [6.45, 7) is 7.72. The van der Waals surface area contributed by atoms with Crippen LogP contribution in [0, 0.1) is 5.92 Å². The van der Waals surface area contributed by atoms with E-state index in [0.717, 1.165) is 37.2 Å². The Morgan fingerprint density at radius 2 is 1.67 bits per heavy atom. The minimum Gasteiger partial charge on any atom is -0.491 e.